The van der Waals surface area contributed by atoms with Gasteiger partial charge in [0.25, 0.3) is 0 Å². The fraction of sp³-hybridized carbons (Fsp3) is 0.417. The lowest BCUT2D eigenvalue weighted by Crippen LogP contribution is -2.37. The summed E-state index contributed by atoms with van der Waals surface area (Å²) in [5.41, 5.74) is 0.501. The van der Waals surface area contributed by atoms with Crippen LogP contribution in [0.5, 0.6) is 5.88 Å². The molecule has 1 aliphatic rings. The number of pyridine rings is 1. The molecule has 0 N–H and O–H groups in total. The van der Waals surface area contributed by atoms with E-state index in [0.717, 1.165) is 0 Å². The summed E-state index contributed by atoms with van der Waals surface area (Å²) in [5, 5.41) is 17.5. The van der Waals surface area contributed by atoms with Crippen molar-refractivity contribution in [2.75, 3.05) is 37.8 Å². The zero-order valence-corrected chi connectivity index (χ0v) is 9.80. The third kappa shape index (κ3) is 2.68. The minimum absolute atomic E-state index is 0.0541. The lowest BCUT2D eigenvalue weighted by Gasteiger charge is -2.28. The van der Waals surface area contributed by atoms with E-state index in [9.17, 15) is 0 Å². The van der Waals surface area contributed by atoms with Crippen LogP contribution in [0, 0.1) is 22.7 Å². The molecule has 0 unspecified atom stereocenters. The van der Waals surface area contributed by atoms with Crippen LogP contribution in [0.1, 0.15) is 5.56 Å². The van der Waals surface area contributed by atoms with Gasteiger partial charge in [-0.05, 0) is 6.07 Å². The van der Waals surface area contributed by atoms with Gasteiger partial charge in [0.1, 0.15) is 12.1 Å². The second-order valence-electron chi connectivity index (χ2n) is 3.68. The quantitative estimate of drug-likeness (QED) is 0.778. The summed E-state index contributed by atoms with van der Waals surface area (Å²) in [5.74, 6) is 0.952. The zero-order chi connectivity index (χ0) is 12.8. The van der Waals surface area contributed by atoms with Crippen molar-refractivity contribution < 1.29 is 9.47 Å². The maximum absolute atomic E-state index is 9.07. The Morgan fingerprint density at radius 2 is 2.11 bits per heavy atom. The van der Waals surface area contributed by atoms with Gasteiger partial charge in [-0.15, -0.1) is 0 Å². The van der Waals surface area contributed by atoms with Gasteiger partial charge in [0, 0.05) is 19.2 Å². The average molecular weight is 244 g/mol. The number of hydrogen-bond acceptors (Lipinski definition) is 6. The number of hydrogen-bond donors (Lipinski definition) is 0. The van der Waals surface area contributed by atoms with E-state index in [1.165, 1.54) is 0 Å². The van der Waals surface area contributed by atoms with Gasteiger partial charge in [-0.1, -0.05) is 0 Å². The zero-order valence-electron chi connectivity index (χ0n) is 9.80. The van der Waals surface area contributed by atoms with Gasteiger partial charge in [0.05, 0.1) is 18.8 Å². The topological polar surface area (TPSA) is 82.2 Å². The third-order valence-corrected chi connectivity index (χ3v) is 2.57. The molecule has 0 aliphatic carbocycles. The molecule has 6 heteroatoms. The van der Waals surface area contributed by atoms with Crippen molar-refractivity contribution in [1.82, 2.24) is 4.98 Å². The number of morpholine rings is 1. The van der Waals surface area contributed by atoms with Gasteiger partial charge in [0.15, 0.2) is 12.4 Å². The van der Waals surface area contributed by atoms with Crippen LogP contribution in [-0.4, -0.2) is 37.9 Å². The van der Waals surface area contributed by atoms with E-state index >= 15 is 0 Å². The molecule has 1 aliphatic heterocycles. The molecule has 1 aromatic rings. The highest BCUT2D eigenvalue weighted by Crippen LogP contribution is 2.22. The lowest BCUT2D eigenvalue weighted by atomic mass is 10.2. The van der Waals surface area contributed by atoms with E-state index in [4.69, 9.17) is 20.0 Å². The summed E-state index contributed by atoms with van der Waals surface area (Å²) in [7, 11) is 0. The first-order valence-electron chi connectivity index (χ1n) is 5.58. The number of aromatic nitrogens is 1. The molecular formula is C12H12N4O2. The van der Waals surface area contributed by atoms with Gasteiger partial charge < -0.3 is 14.4 Å². The second kappa shape index (κ2) is 5.85. The monoisotopic (exact) mass is 244 g/mol. The van der Waals surface area contributed by atoms with E-state index in [0.29, 0.717) is 43.6 Å². The molecule has 6 nitrogen and oxygen atoms in total. The average Bonchev–Trinajstić information content (AvgIpc) is 2.45. The highest BCUT2D eigenvalue weighted by molar-refractivity contribution is 5.55. The predicted octanol–water partition coefficient (Wildman–Crippen LogP) is 0.692. The SMILES string of the molecule is N#CCOc1ccc(C#N)c(N2CCOCC2)n1. The molecule has 0 atom stereocenters. The van der Waals surface area contributed by atoms with Gasteiger partial charge >= 0.3 is 0 Å². The van der Waals surface area contributed by atoms with Crippen LogP contribution < -0.4 is 9.64 Å². The van der Waals surface area contributed by atoms with Crippen LogP contribution in [-0.2, 0) is 4.74 Å². The first-order chi connectivity index (χ1) is 8.85. The molecule has 2 rings (SSSR count). The molecule has 1 saturated heterocycles. The van der Waals surface area contributed by atoms with Crippen LogP contribution in [0.2, 0.25) is 0 Å². The van der Waals surface area contributed by atoms with Crippen LogP contribution in [0.3, 0.4) is 0 Å². The number of nitrogens with zero attached hydrogens (tertiary/aromatic N) is 4. The third-order valence-electron chi connectivity index (χ3n) is 2.57. The summed E-state index contributed by atoms with van der Waals surface area (Å²) < 4.78 is 10.4. The van der Waals surface area contributed by atoms with Crippen LogP contribution >= 0.6 is 0 Å². The van der Waals surface area contributed by atoms with Crippen LogP contribution in [0.15, 0.2) is 12.1 Å². The van der Waals surface area contributed by atoms with Crippen molar-refractivity contribution in [1.29, 1.82) is 10.5 Å². The Balaban J connectivity index is 2.25. The molecule has 2 heterocycles. The molecule has 1 aromatic heterocycles. The minimum Gasteiger partial charge on any atom is -0.462 e. The molecule has 0 spiro atoms. The van der Waals surface area contributed by atoms with Crippen molar-refractivity contribution in [2.24, 2.45) is 0 Å². The van der Waals surface area contributed by atoms with Crippen molar-refractivity contribution >= 4 is 5.82 Å². The van der Waals surface area contributed by atoms with Crippen molar-refractivity contribution in [3.8, 4) is 18.0 Å². The number of ether oxygens (including phenoxy) is 2. The van der Waals surface area contributed by atoms with Gasteiger partial charge in [0.2, 0.25) is 5.88 Å². The summed E-state index contributed by atoms with van der Waals surface area (Å²) in [6, 6.07) is 7.25. The molecule has 0 bridgehead atoms. The Morgan fingerprint density at radius 3 is 2.78 bits per heavy atom. The van der Waals surface area contributed by atoms with E-state index in [1.54, 1.807) is 12.1 Å². The Bertz CT molecular complexity index is 498. The smallest absolute Gasteiger partial charge is 0.216 e. The molecule has 0 saturated carbocycles. The minimum atomic E-state index is -0.0541. The molecule has 1 fully saturated rings. The number of nitriles is 2. The van der Waals surface area contributed by atoms with Gasteiger partial charge in [-0.2, -0.15) is 15.5 Å². The summed E-state index contributed by atoms with van der Waals surface area (Å²) in [6.07, 6.45) is 0. The first-order valence-corrected chi connectivity index (χ1v) is 5.58. The fourth-order valence-electron chi connectivity index (χ4n) is 1.72. The van der Waals surface area contributed by atoms with Crippen LogP contribution in [0.25, 0.3) is 0 Å². The Labute approximate surface area is 105 Å². The number of anilines is 1. The van der Waals surface area contributed by atoms with Gasteiger partial charge in [-0.3, -0.25) is 0 Å². The summed E-state index contributed by atoms with van der Waals surface area (Å²) in [6.45, 7) is 2.58. The highest BCUT2D eigenvalue weighted by Gasteiger charge is 2.17. The standard InChI is InChI=1S/C12H12N4O2/c13-3-6-18-11-2-1-10(9-14)12(15-11)16-4-7-17-8-5-16/h1-2H,4-8H2. The molecule has 0 radical (unpaired) electrons. The Hall–Kier alpha value is -2.31. The van der Waals surface area contributed by atoms with Crippen molar-refractivity contribution in [3.05, 3.63) is 17.7 Å². The molecule has 92 valence electrons. The second-order valence-corrected chi connectivity index (χ2v) is 3.68. The van der Waals surface area contributed by atoms with Crippen LogP contribution in [0.4, 0.5) is 5.82 Å². The largest absolute Gasteiger partial charge is 0.462 e. The van der Waals surface area contributed by atoms with E-state index < -0.39 is 0 Å². The Kier molecular flexibility index (Phi) is 3.95. The molecule has 0 amide bonds. The maximum Gasteiger partial charge on any atom is 0.216 e. The molecule has 18 heavy (non-hydrogen) atoms. The predicted molar refractivity (Wildman–Crippen MR) is 63.1 cm³/mol. The van der Waals surface area contributed by atoms with E-state index in [-0.39, 0.29) is 6.61 Å². The van der Waals surface area contributed by atoms with Gasteiger partial charge in [-0.25, -0.2) is 0 Å². The van der Waals surface area contributed by atoms with E-state index in [2.05, 4.69) is 11.1 Å². The first kappa shape index (κ1) is 12.2. The van der Waals surface area contributed by atoms with Crippen molar-refractivity contribution in [2.45, 2.75) is 0 Å². The maximum atomic E-state index is 9.07. The number of rotatable bonds is 3. The van der Waals surface area contributed by atoms with E-state index in [1.807, 2.05) is 11.0 Å². The highest BCUT2D eigenvalue weighted by atomic mass is 16.5. The Morgan fingerprint density at radius 1 is 1.33 bits per heavy atom. The molecule has 0 aromatic carbocycles. The lowest BCUT2D eigenvalue weighted by molar-refractivity contribution is 0.122. The summed E-state index contributed by atoms with van der Waals surface area (Å²) in [4.78, 5) is 6.27. The van der Waals surface area contributed by atoms with Crippen molar-refractivity contribution in [3.63, 3.8) is 0 Å². The fourth-order valence-corrected chi connectivity index (χ4v) is 1.72. The molecular weight excluding hydrogens is 232 g/mol. The summed E-state index contributed by atoms with van der Waals surface area (Å²) >= 11 is 0. The normalized spacial score (nSPS) is 14.7.